The van der Waals surface area contributed by atoms with Crippen LogP contribution in [-0.4, -0.2) is 89.7 Å². The molecule has 122 valence electrons. The van der Waals surface area contributed by atoms with Gasteiger partial charge in [0.1, 0.15) is 24.4 Å². The lowest BCUT2D eigenvalue weighted by atomic mass is 9.97. The summed E-state index contributed by atoms with van der Waals surface area (Å²) in [6.07, 6.45) is -4.38. The van der Waals surface area contributed by atoms with E-state index in [1.165, 1.54) is 7.11 Å². The van der Waals surface area contributed by atoms with Gasteiger partial charge in [0.2, 0.25) is 0 Å². The van der Waals surface area contributed by atoms with Crippen LogP contribution < -0.4 is 11.1 Å². The summed E-state index contributed by atoms with van der Waals surface area (Å²) >= 11 is 5.02. The van der Waals surface area contributed by atoms with Crippen molar-refractivity contribution in [2.45, 2.75) is 30.6 Å². The molecule has 0 aromatic heterocycles. The fourth-order valence-electron chi connectivity index (χ4n) is 1.82. The van der Waals surface area contributed by atoms with Crippen LogP contribution >= 0.6 is 12.2 Å². The van der Waals surface area contributed by atoms with Crippen molar-refractivity contribution in [1.82, 2.24) is 10.2 Å². The van der Waals surface area contributed by atoms with E-state index in [0.717, 1.165) is 0 Å². The number of aliphatic hydroxyl groups is 3. The van der Waals surface area contributed by atoms with Crippen LogP contribution in [0.4, 0.5) is 0 Å². The molecule has 1 saturated heterocycles. The smallest absolute Gasteiger partial charge is 0.198 e. The first-order valence-electron chi connectivity index (χ1n) is 6.29. The molecule has 0 aliphatic carbocycles. The van der Waals surface area contributed by atoms with E-state index < -0.39 is 37.3 Å². The highest BCUT2D eigenvalue weighted by atomic mass is 32.1. The molecule has 1 fully saturated rings. The lowest BCUT2D eigenvalue weighted by molar-refractivity contribution is -0.260. The molecule has 5 atom stereocenters. The van der Waals surface area contributed by atoms with Crippen molar-refractivity contribution in [2.75, 3.05) is 27.8 Å². The molecule has 1 rings (SSSR count). The highest BCUT2D eigenvalue weighted by Crippen LogP contribution is 2.21. The molecule has 1 heterocycles. The summed E-state index contributed by atoms with van der Waals surface area (Å²) in [4.78, 5) is 5.49. The van der Waals surface area contributed by atoms with Crippen molar-refractivity contribution in [2.24, 2.45) is 10.7 Å². The van der Waals surface area contributed by atoms with Gasteiger partial charge in [-0.2, -0.15) is 4.99 Å². The number of thiocarbonyl (C=S) groups is 1. The zero-order valence-electron chi connectivity index (χ0n) is 12.1. The standard InChI is InChI=1S/C11H22N4O5S/c1-15(2)10(12)14-11(21)13-6-8(18)7(17)5(4-16)20-9(6)19-3/h5-9,16-18H,4H2,1-3H3,(H3,12,13,14,21)/t5-,6-,7+,8-,9+/m1/s1. The van der Waals surface area contributed by atoms with Gasteiger partial charge < -0.3 is 40.7 Å². The number of hydrogen-bond donors (Lipinski definition) is 5. The summed E-state index contributed by atoms with van der Waals surface area (Å²) in [5.41, 5.74) is 5.64. The third kappa shape index (κ3) is 4.46. The van der Waals surface area contributed by atoms with Gasteiger partial charge in [0.05, 0.1) is 6.61 Å². The largest absolute Gasteiger partial charge is 0.394 e. The maximum absolute atomic E-state index is 10.1. The molecule has 0 radical (unpaired) electrons. The maximum Gasteiger partial charge on any atom is 0.198 e. The van der Waals surface area contributed by atoms with Crippen LogP contribution in [0.25, 0.3) is 0 Å². The predicted molar refractivity (Wildman–Crippen MR) is 79.6 cm³/mol. The third-order valence-corrected chi connectivity index (χ3v) is 3.29. The number of hydrogen-bond acceptors (Lipinski definition) is 6. The topological polar surface area (TPSA) is 133 Å². The van der Waals surface area contributed by atoms with Gasteiger partial charge in [0.15, 0.2) is 17.4 Å². The minimum Gasteiger partial charge on any atom is -0.394 e. The van der Waals surface area contributed by atoms with E-state index in [9.17, 15) is 10.2 Å². The summed E-state index contributed by atoms with van der Waals surface area (Å²) < 4.78 is 10.4. The molecule has 0 aromatic carbocycles. The lowest BCUT2D eigenvalue weighted by Crippen LogP contribution is -2.64. The fraction of sp³-hybridized carbons (Fsp3) is 0.818. The maximum atomic E-state index is 10.1. The Bertz CT molecular complexity index is 393. The number of aliphatic hydroxyl groups excluding tert-OH is 3. The number of ether oxygens (including phenoxy) is 2. The average Bonchev–Trinajstić information content (AvgIpc) is 2.44. The first kappa shape index (κ1) is 18.0. The van der Waals surface area contributed by atoms with Gasteiger partial charge in [-0.3, -0.25) is 0 Å². The van der Waals surface area contributed by atoms with Gasteiger partial charge >= 0.3 is 0 Å². The van der Waals surface area contributed by atoms with Gasteiger partial charge in [-0.25, -0.2) is 0 Å². The lowest BCUT2D eigenvalue weighted by Gasteiger charge is -2.41. The Hall–Kier alpha value is -1.04. The number of nitrogens with one attached hydrogen (secondary N) is 1. The van der Waals surface area contributed by atoms with Crippen molar-refractivity contribution < 1.29 is 24.8 Å². The van der Waals surface area contributed by atoms with E-state index in [1.807, 2.05) is 0 Å². The molecule has 1 aliphatic rings. The second-order valence-corrected chi connectivity index (χ2v) is 5.17. The molecular weight excluding hydrogens is 300 g/mol. The molecule has 0 saturated carbocycles. The first-order chi connectivity index (χ1) is 9.81. The molecular formula is C11H22N4O5S. The van der Waals surface area contributed by atoms with Crippen LogP contribution in [0.2, 0.25) is 0 Å². The second kappa shape index (κ2) is 7.82. The third-order valence-electron chi connectivity index (χ3n) is 3.08. The Morgan fingerprint density at radius 3 is 2.52 bits per heavy atom. The van der Waals surface area contributed by atoms with Crippen LogP contribution in [-0.2, 0) is 9.47 Å². The minimum atomic E-state index is -1.28. The molecule has 0 unspecified atom stereocenters. The van der Waals surface area contributed by atoms with Crippen molar-refractivity contribution >= 4 is 23.3 Å². The molecule has 0 spiro atoms. The van der Waals surface area contributed by atoms with Crippen molar-refractivity contribution in [3.8, 4) is 0 Å². The van der Waals surface area contributed by atoms with Gasteiger partial charge in [-0.05, 0) is 12.2 Å². The Labute approximate surface area is 128 Å². The van der Waals surface area contributed by atoms with Gasteiger partial charge in [-0.1, -0.05) is 0 Å². The summed E-state index contributed by atoms with van der Waals surface area (Å²) in [6, 6.07) is -0.848. The van der Waals surface area contributed by atoms with E-state index in [4.69, 9.17) is 32.5 Å². The fourth-order valence-corrected chi connectivity index (χ4v) is 2.05. The van der Waals surface area contributed by atoms with E-state index in [2.05, 4.69) is 10.3 Å². The molecule has 9 nitrogen and oxygen atoms in total. The molecule has 10 heteroatoms. The monoisotopic (exact) mass is 322 g/mol. The SMILES string of the molecule is CO[C@H]1O[C@H](CO)[C@H](O)[C@H](O)[C@H]1NC(=S)/N=C(\N)N(C)C. The van der Waals surface area contributed by atoms with Crippen LogP contribution in [0.1, 0.15) is 0 Å². The van der Waals surface area contributed by atoms with E-state index in [1.54, 1.807) is 19.0 Å². The second-order valence-electron chi connectivity index (χ2n) is 4.78. The number of nitrogens with zero attached hydrogens (tertiary/aromatic N) is 2. The number of rotatable bonds is 3. The Kier molecular flexibility index (Phi) is 6.71. The predicted octanol–water partition coefficient (Wildman–Crippen LogP) is -2.81. The Morgan fingerprint density at radius 1 is 1.43 bits per heavy atom. The number of aliphatic imine (C=N–C) groups is 1. The highest BCUT2D eigenvalue weighted by molar-refractivity contribution is 7.80. The van der Waals surface area contributed by atoms with E-state index in [-0.39, 0.29) is 11.1 Å². The zero-order chi connectivity index (χ0) is 16.2. The minimum absolute atomic E-state index is 0.0190. The van der Waals surface area contributed by atoms with Crippen LogP contribution in [0.15, 0.2) is 4.99 Å². The quantitative estimate of drug-likeness (QED) is 0.212. The van der Waals surface area contributed by atoms with Crippen molar-refractivity contribution in [3.63, 3.8) is 0 Å². The first-order valence-corrected chi connectivity index (χ1v) is 6.69. The van der Waals surface area contributed by atoms with E-state index in [0.29, 0.717) is 0 Å². The van der Waals surface area contributed by atoms with Crippen LogP contribution in [0.3, 0.4) is 0 Å². The Balaban J connectivity index is 2.80. The molecule has 0 amide bonds. The van der Waals surface area contributed by atoms with Crippen LogP contribution in [0, 0.1) is 0 Å². The molecule has 0 aromatic rings. The summed E-state index contributed by atoms with van der Waals surface area (Å²) in [7, 11) is 4.78. The molecule has 6 N–H and O–H groups in total. The average molecular weight is 322 g/mol. The highest BCUT2D eigenvalue weighted by Gasteiger charge is 2.44. The molecule has 0 bridgehead atoms. The van der Waals surface area contributed by atoms with E-state index >= 15 is 0 Å². The van der Waals surface area contributed by atoms with Crippen LogP contribution in [0.5, 0.6) is 0 Å². The Morgan fingerprint density at radius 2 is 2.05 bits per heavy atom. The van der Waals surface area contributed by atoms with Gasteiger partial charge in [-0.15, -0.1) is 0 Å². The van der Waals surface area contributed by atoms with Crippen molar-refractivity contribution in [1.29, 1.82) is 0 Å². The number of methoxy groups -OCH3 is 1. The normalized spacial score (nSPS) is 33.6. The summed E-state index contributed by atoms with van der Waals surface area (Å²) in [5, 5.41) is 31.8. The van der Waals surface area contributed by atoms with Gasteiger partial charge in [0, 0.05) is 21.2 Å². The number of nitrogens with two attached hydrogens (primary N) is 1. The number of guanidine groups is 1. The van der Waals surface area contributed by atoms with Crippen molar-refractivity contribution in [3.05, 3.63) is 0 Å². The summed E-state index contributed by atoms with van der Waals surface area (Å²) in [5.74, 6) is 0.182. The zero-order valence-corrected chi connectivity index (χ0v) is 12.9. The summed E-state index contributed by atoms with van der Waals surface area (Å²) in [6.45, 7) is -0.443. The molecule has 1 aliphatic heterocycles. The molecule has 21 heavy (non-hydrogen) atoms. The van der Waals surface area contributed by atoms with Gasteiger partial charge in [0.25, 0.3) is 0 Å².